The lowest BCUT2D eigenvalue weighted by molar-refractivity contribution is -0.234. The number of ether oxygens (including phenoxy) is 3. The highest BCUT2D eigenvalue weighted by Gasteiger charge is 2.53. The molecule has 108 valence electrons. The molecule has 0 bridgehead atoms. The molecule has 4 nitrogen and oxygen atoms in total. The van der Waals surface area contributed by atoms with E-state index in [1.165, 1.54) is 7.11 Å². The third-order valence-electron chi connectivity index (χ3n) is 3.57. The smallest absolute Gasteiger partial charge is 0.314 e. The van der Waals surface area contributed by atoms with Gasteiger partial charge in [0.1, 0.15) is 5.92 Å². The van der Waals surface area contributed by atoms with Crippen LogP contribution in [0.1, 0.15) is 12.8 Å². The van der Waals surface area contributed by atoms with Crippen molar-refractivity contribution in [2.75, 3.05) is 27.2 Å². The Balaban J connectivity index is 2.90. The van der Waals surface area contributed by atoms with Gasteiger partial charge in [-0.1, -0.05) is 24.3 Å². The minimum Gasteiger partial charge on any atom is -0.469 e. The Labute approximate surface area is 119 Å². The first kappa shape index (κ1) is 16.2. The van der Waals surface area contributed by atoms with Gasteiger partial charge in [0.25, 0.3) is 0 Å². The minimum atomic E-state index is -0.891. The molecule has 0 N–H and O–H groups in total. The highest BCUT2D eigenvalue weighted by molar-refractivity contribution is 6.18. The van der Waals surface area contributed by atoms with E-state index in [0.717, 1.165) is 6.42 Å². The number of carbonyl (C=O) groups is 1. The van der Waals surface area contributed by atoms with Crippen molar-refractivity contribution in [3.8, 4) is 0 Å². The molecule has 2 atom stereocenters. The summed E-state index contributed by atoms with van der Waals surface area (Å²) in [5.41, 5.74) is 0. The average Bonchev–Trinajstić information content (AvgIpc) is 2.82. The summed E-state index contributed by atoms with van der Waals surface area (Å²) < 4.78 is 15.8. The zero-order valence-corrected chi connectivity index (χ0v) is 12.4. The van der Waals surface area contributed by atoms with Crippen LogP contribution >= 0.6 is 11.6 Å². The van der Waals surface area contributed by atoms with Gasteiger partial charge in [-0.3, -0.25) is 4.79 Å². The Kier molecular flexibility index (Phi) is 6.55. The SMILES string of the molecule is COC(=O)[C@@H]1[C@@H](/C=C\C=C\CCl)CCC1(OC)OC. The van der Waals surface area contributed by atoms with Gasteiger partial charge >= 0.3 is 5.97 Å². The van der Waals surface area contributed by atoms with Crippen molar-refractivity contribution in [2.24, 2.45) is 11.8 Å². The number of esters is 1. The van der Waals surface area contributed by atoms with Crippen molar-refractivity contribution in [1.82, 2.24) is 0 Å². The second-order valence-corrected chi connectivity index (χ2v) is 4.70. The standard InChI is InChI=1S/C14H21ClO4/c1-17-13(16)12-11(7-5-4-6-10-15)8-9-14(12,18-2)19-3/h4-7,11-12H,8-10H2,1-3H3/b6-4+,7-5-/t11-,12-/m0/s1. The van der Waals surface area contributed by atoms with Crippen molar-refractivity contribution < 1.29 is 19.0 Å². The van der Waals surface area contributed by atoms with Crippen LogP contribution in [0, 0.1) is 11.8 Å². The molecular formula is C14H21ClO4. The maximum atomic E-state index is 12.0. The quantitative estimate of drug-likeness (QED) is 0.326. The van der Waals surface area contributed by atoms with Gasteiger partial charge in [0.2, 0.25) is 0 Å². The molecule has 5 heteroatoms. The van der Waals surface area contributed by atoms with Gasteiger partial charge in [0.05, 0.1) is 7.11 Å². The number of hydrogen-bond donors (Lipinski definition) is 0. The summed E-state index contributed by atoms with van der Waals surface area (Å²) in [5.74, 6) is -1.15. The van der Waals surface area contributed by atoms with Gasteiger partial charge in [-0.2, -0.15) is 0 Å². The largest absolute Gasteiger partial charge is 0.469 e. The Morgan fingerprint density at radius 2 is 2.00 bits per heavy atom. The lowest BCUT2D eigenvalue weighted by Crippen LogP contribution is -2.44. The molecule has 0 amide bonds. The number of rotatable bonds is 6. The van der Waals surface area contributed by atoms with E-state index in [1.807, 2.05) is 24.3 Å². The molecule has 0 aromatic heterocycles. The third kappa shape index (κ3) is 3.59. The summed E-state index contributed by atoms with van der Waals surface area (Å²) in [4.78, 5) is 12.0. The summed E-state index contributed by atoms with van der Waals surface area (Å²) in [6, 6.07) is 0. The summed E-state index contributed by atoms with van der Waals surface area (Å²) in [5, 5.41) is 0. The van der Waals surface area contributed by atoms with Crippen LogP contribution in [-0.2, 0) is 19.0 Å². The molecule has 0 radical (unpaired) electrons. The highest BCUT2D eigenvalue weighted by atomic mass is 35.5. The highest BCUT2D eigenvalue weighted by Crippen LogP contribution is 2.44. The van der Waals surface area contributed by atoms with Crippen LogP contribution in [0.2, 0.25) is 0 Å². The molecule has 0 saturated heterocycles. The summed E-state index contributed by atoms with van der Waals surface area (Å²) in [6.07, 6.45) is 9.04. The number of halogens is 1. The molecule has 0 aliphatic heterocycles. The number of allylic oxidation sites excluding steroid dienone is 4. The van der Waals surface area contributed by atoms with Crippen molar-refractivity contribution in [2.45, 2.75) is 18.6 Å². The van der Waals surface area contributed by atoms with Crippen LogP contribution in [-0.4, -0.2) is 39.0 Å². The molecule has 1 aliphatic rings. The topological polar surface area (TPSA) is 44.8 Å². The Bertz CT molecular complexity index is 347. The fourth-order valence-corrected chi connectivity index (χ4v) is 2.69. The van der Waals surface area contributed by atoms with Crippen molar-refractivity contribution in [1.29, 1.82) is 0 Å². The molecule has 1 aliphatic carbocycles. The van der Waals surface area contributed by atoms with Crippen molar-refractivity contribution in [3.63, 3.8) is 0 Å². The maximum absolute atomic E-state index is 12.0. The predicted molar refractivity (Wildman–Crippen MR) is 74.0 cm³/mol. The van der Waals surface area contributed by atoms with Gasteiger partial charge in [0.15, 0.2) is 5.79 Å². The molecule has 1 rings (SSSR count). The lowest BCUT2D eigenvalue weighted by Gasteiger charge is -2.32. The molecule has 1 saturated carbocycles. The first-order valence-corrected chi connectivity index (χ1v) is 6.76. The van der Waals surface area contributed by atoms with Crippen LogP contribution < -0.4 is 0 Å². The third-order valence-corrected chi connectivity index (χ3v) is 3.75. The Morgan fingerprint density at radius 3 is 2.53 bits per heavy atom. The number of hydrogen-bond acceptors (Lipinski definition) is 4. The summed E-state index contributed by atoms with van der Waals surface area (Å²) in [6.45, 7) is 0. The normalized spacial score (nSPS) is 26.3. The van der Waals surface area contributed by atoms with E-state index < -0.39 is 11.7 Å². The lowest BCUT2D eigenvalue weighted by atomic mass is 9.92. The number of alkyl halides is 1. The second-order valence-electron chi connectivity index (χ2n) is 4.39. The van der Waals surface area contributed by atoms with Gasteiger partial charge in [0, 0.05) is 26.5 Å². The van der Waals surface area contributed by atoms with E-state index >= 15 is 0 Å². The molecule has 0 spiro atoms. The first-order valence-electron chi connectivity index (χ1n) is 6.22. The van der Waals surface area contributed by atoms with Gasteiger partial charge in [-0.05, 0) is 12.3 Å². The second kappa shape index (κ2) is 7.68. The summed E-state index contributed by atoms with van der Waals surface area (Å²) in [7, 11) is 4.49. The number of methoxy groups -OCH3 is 3. The van der Waals surface area contributed by atoms with E-state index in [0.29, 0.717) is 12.3 Å². The zero-order chi connectivity index (χ0) is 14.3. The molecule has 0 unspecified atom stereocenters. The maximum Gasteiger partial charge on any atom is 0.314 e. The minimum absolute atomic E-state index is 0.0346. The molecule has 0 aromatic carbocycles. The molecule has 1 fully saturated rings. The van der Waals surface area contributed by atoms with E-state index in [2.05, 4.69) is 0 Å². The molecule has 0 aromatic rings. The Hall–Kier alpha value is -0.840. The van der Waals surface area contributed by atoms with Gasteiger partial charge < -0.3 is 14.2 Å². The first-order chi connectivity index (χ1) is 9.15. The van der Waals surface area contributed by atoms with Crippen LogP contribution in [0.5, 0.6) is 0 Å². The van der Waals surface area contributed by atoms with Crippen LogP contribution in [0.15, 0.2) is 24.3 Å². The fraction of sp³-hybridized carbons (Fsp3) is 0.643. The van der Waals surface area contributed by atoms with Crippen LogP contribution in [0.25, 0.3) is 0 Å². The number of carbonyl (C=O) groups excluding carboxylic acids is 1. The van der Waals surface area contributed by atoms with Crippen molar-refractivity contribution >= 4 is 17.6 Å². The van der Waals surface area contributed by atoms with Gasteiger partial charge in [-0.25, -0.2) is 0 Å². The monoisotopic (exact) mass is 288 g/mol. The van der Waals surface area contributed by atoms with E-state index in [-0.39, 0.29) is 11.9 Å². The average molecular weight is 289 g/mol. The zero-order valence-electron chi connectivity index (χ0n) is 11.6. The van der Waals surface area contributed by atoms with E-state index in [1.54, 1.807) is 14.2 Å². The summed E-state index contributed by atoms with van der Waals surface area (Å²) >= 11 is 5.55. The van der Waals surface area contributed by atoms with Crippen LogP contribution in [0.4, 0.5) is 0 Å². The van der Waals surface area contributed by atoms with Crippen LogP contribution in [0.3, 0.4) is 0 Å². The van der Waals surface area contributed by atoms with Crippen molar-refractivity contribution in [3.05, 3.63) is 24.3 Å². The molecular weight excluding hydrogens is 268 g/mol. The predicted octanol–water partition coefficient (Wildman–Crippen LogP) is 2.53. The van der Waals surface area contributed by atoms with E-state index in [4.69, 9.17) is 25.8 Å². The van der Waals surface area contributed by atoms with E-state index in [9.17, 15) is 4.79 Å². The molecule has 0 heterocycles. The fourth-order valence-electron chi connectivity index (χ4n) is 2.58. The molecule has 19 heavy (non-hydrogen) atoms. The Morgan fingerprint density at radius 1 is 1.32 bits per heavy atom. The van der Waals surface area contributed by atoms with Gasteiger partial charge in [-0.15, -0.1) is 11.6 Å².